The first kappa shape index (κ1) is 11.8. The highest BCUT2D eigenvalue weighted by Gasteiger charge is 2.18. The number of fused-ring (bicyclic) bond motifs is 1. The smallest absolute Gasteiger partial charge is 0.228 e. The van der Waals surface area contributed by atoms with Crippen molar-refractivity contribution in [1.82, 2.24) is 0 Å². The van der Waals surface area contributed by atoms with Gasteiger partial charge in [-0.05, 0) is 36.8 Å². The Morgan fingerprint density at radius 1 is 1.11 bits per heavy atom. The second-order valence-corrected chi connectivity index (χ2v) is 4.47. The highest BCUT2D eigenvalue weighted by atomic mass is 16.5. The summed E-state index contributed by atoms with van der Waals surface area (Å²) in [5.74, 6) is 1.53. The van der Waals surface area contributed by atoms with Crippen molar-refractivity contribution in [2.24, 2.45) is 0 Å². The van der Waals surface area contributed by atoms with Crippen molar-refractivity contribution in [2.45, 2.75) is 13.3 Å². The average molecular weight is 258 g/mol. The third-order valence-electron chi connectivity index (χ3n) is 3.08. The van der Waals surface area contributed by atoms with E-state index in [0.717, 1.165) is 12.0 Å². The molecule has 0 fully saturated rings. The lowest BCUT2D eigenvalue weighted by Gasteiger charge is -2.08. The number of carbonyl (C=O) groups is 1. The fourth-order valence-electron chi connectivity index (χ4n) is 2.04. The summed E-state index contributed by atoms with van der Waals surface area (Å²) in [4.78, 5) is 12.3. The SMILES string of the molecule is Cc1ccoc1C(=O)c1ccc2c(c1)OCCCO2. The maximum Gasteiger partial charge on any atom is 0.228 e. The van der Waals surface area contributed by atoms with Gasteiger partial charge in [0.1, 0.15) is 0 Å². The van der Waals surface area contributed by atoms with Gasteiger partial charge in [-0.1, -0.05) is 0 Å². The average Bonchev–Trinajstić information content (AvgIpc) is 2.72. The molecule has 0 N–H and O–H groups in total. The molecule has 98 valence electrons. The summed E-state index contributed by atoms with van der Waals surface area (Å²) in [7, 11) is 0. The van der Waals surface area contributed by atoms with Crippen molar-refractivity contribution in [1.29, 1.82) is 0 Å². The quantitative estimate of drug-likeness (QED) is 0.777. The van der Waals surface area contributed by atoms with Crippen LogP contribution in [0.2, 0.25) is 0 Å². The number of hydrogen-bond donors (Lipinski definition) is 0. The maximum atomic E-state index is 12.3. The Labute approximate surface area is 110 Å². The molecular weight excluding hydrogens is 244 g/mol. The first-order chi connectivity index (χ1) is 9.25. The Morgan fingerprint density at radius 3 is 2.63 bits per heavy atom. The normalized spacial score (nSPS) is 13.9. The number of carbonyl (C=O) groups excluding carboxylic acids is 1. The molecule has 0 spiro atoms. The Morgan fingerprint density at radius 2 is 1.89 bits per heavy atom. The van der Waals surface area contributed by atoms with E-state index in [4.69, 9.17) is 13.9 Å². The molecule has 0 saturated carbocycles. The van der Waals surface area contributed by atoms with Crippen molar-refractivity contribution in [3.8, 4) is 11.5 Å². The molecule has 2 heterocycles. The van der Waals surface area contributed by atoms with E-state index in [9.17, 15) is 4.79 Å². The number of ketones is 1. The topological polar surface area (TPSA) is 48.7 Å². The summed E-state index contributed by atoms with van der Waals surface area (Å²) >= 11 is 0. The molecule has 0 saturated heterocycles. The zero-order chi connectivity index (χ0) is 13.2. The molecule has 0 amide bonds. The molecule has 1 aromatic heterocycles. The summed E-state index contributed by atoms with van der Waals surface area (Å²) in [6.45, 7) is 3.09. The van der Waals surface area contributed by atoms with Crippen molar-refractivity contribution >= 4 is 5.78 Å². The van der Waals surface area contributed by atoms with Gasteiger partial charge in [0.25, 0.3) is 0 Å². The summed E-state index contributed by atoms with van der Waals surface area (Å²) < 4.78 is 16.3. The predicted molar refractivity (Wildman–Crippen MR) is 68.9 cm³/mol. The second kappa shape index (κ2) is 4.80. The maximum absolute atomic E-state index is 12.3. The molecule has 19 heavy (non-hydrogen) atoms. The molecule has 4 nitrogen and oxygen atoms in total. The van der Waals surface area contributed by atoms with Crippen LogP contribution in [0.1, 0.15) is 28.1 Å². The van der Waals surface area contributed by atoms with Crippen LogP contribution >= 0.6 is 0 Å². The van der Waals surface area contributed by atoms with Crippen LogP contribution in [0.4, 0.5) is 0 Å². The number of ether oxygens (including phenoxy) is 2. The van der Waals surface area contributed by atoms with Crippen LogP contribution in [0.5, 0.6) is 11.5 Å². The van der Waals surface area contributed by atoms with Crippen molar-refractivity contribution in [3.05, 3.63) is 47.4 Å². The molecule has 1 aromatic carbocycles. The molecule has 0 atom stereocenters. The zero-order valence-electron chi connectivity index (χ0n) is 10.6. The third kappa shape index (κ3) is 2.21. The van der Waals surface area contributed by atoms with Crippen LogP contribution in [-0.2, 0) is 0 Å². The van der Waals surface area contributed by atoms with Gasteiger partial charge < -0.3 is 13.9 Å². The van der Waals surface area contributed by atoms with E-state index in [-0.39, 0.29) is 5.78 Å². The van der Waals surface area contributed by atoms with E-state index >= 15 is 0 Å². The number of benzene rings is 1. The van der Waals surface area contributed by atoms with Gasteiger partial charge in [-0.3, -0.25) is 4.79 Å². The highest BCUT2D eigenvalue weighted by molar-refractivity contribution is 6.08. The molecular formula is C15H14O4. The van der Waals surface area contributed by atoms with Gasteiger partial charge in [0, 0.05) is 12.0 Å². The number of rotatable bonds is 2. The molecule has 4 heteroatoms. The minimum atomic E-state index is -0.141. The first-order valence-corrected chi connectivity index (χ1v) is 6.24. The Kier molecular flexibility index (Phi) is 2.99. The zero-order valence-corrected chi connectivity index (χ0v) is 10.6. The molecule has 0 bridgehead atoms. The molecule has 3 rings (SSSR count). The summed E-state index contributed by atoms with van der Waals surface area (Å²) in [5, 5.41) is 0. The monoisotopic (exact) mass is 258 g/mol. The minimum Gasteiger partial charge on any atom is -0.490 e. The van der Waals surface area contributed by atoms with Gasteiger partial charge in [-0.2, -0.15) is 0 Å². The van der Waals surface area contributed by atoms with E-state index in [2.05, 4.69) is 0 Å². The standard InChI is InChI=1S/C15H14O4/c1-10-5-8-19-15(10)14(16)11-3-4-12-13(9-11)18-7-2-6-17-12/h3-5,8-9H,2,6-7H2,1H3. The summed E-state index contributed by atoms with van der Waals surface area (Å²) in [6.07, 6.45) is 2.36. The Hall–Kier alpha value is -2.23. The van der Waals surface area contributed by atoms with Crippen LogP contribution in [0.15, 0.2) is 34.9 Å². The van der Waals surface area contributed by atoms with Crippen molar-refractivity contribution in [2.75, 3.05) is 13.2 Å². The Balaban J connectivity index is 1.96. The van der Waals surface area contributed by atoms with Gasteiger partial charge in [0.05, 0.1) is 19.5 Å². The van der Waals surface area contributed by atoms with E-state index in [1.54, 1.807) is 24.3 Å². The van der Waals surface area contributed by atoms with Crippen LogP contribution in [0.3, 0.4) is 0 Å². The van der Waals surface area contributed by atoms with Crippen molar-refractivity contribution < 1.29 is 18.7 Å². The van der Waals surface area contributed by atoms with Crippen LogP contribution in [0, 0.1) is 6.92 Å². The Bertz CT molecular complexity index is 612. The van der Waals surface area contributed by atoms with Gasteiger partial charge in [-0.15, -0.1) is 0 Å². The summed E-state index contributed by atoms with van der Waals surface area (Å²) in [6, 6.07) is 6.99. The first-order valence-electron chi connectivity index (χ1n) is 6.24. The number of aryl methyl sites for hydroxylation is 1. The van der Waals surface area contributed by atoms with Gasteiger partial charge in [0.15, 0.2) is 17.3 Å². The van der Waals surface area contributed by atoms with E-state index in [1.807, 2.05) is 6.92 Å². The molecule has 0 unspecified atom stereocenters. The van der Waals surface area contributed by atoms with Crippen LogP contribution in [-0.4, -0.2) is 19.0 Å². The van der Waals surface area contributed by atoms with Crippen molar-refractivity contribution in [3.63, 3.8) is 0 Å². The number of furan rings is 1. The molecule has 1 aliphatic heterocycles. The lowest BCUT2D eigenvalue weighted by molar-refractivity contribution is 0.101. The van der Waals surface area contributed by atoms with Gasteiger partial charge >= 0.3 is 0 Å². The molecule has 1 aliphatic rings. The van der Waals surface area contributed by atoms with Gasteiger partial charge in [0.2, 0.25) is 5.78 Å². The third-order valence-corrected chi connectivity index (χ3v) is 3.08. The molecule has 0 aliphatic carbocycles. The fraction of sp³-hybridized carbons (Fsp3) is 0.267. The highest BCUT2D eigenvalue weighted by Crippen LogP contribution is 2.31. The summed E-state index contributed by atoms with van der Waals surface area (Å²) in [5.41, 5.74) is 1.37. The largest absolute Gasteiger partial charge is 0.490 e. The lowest BCUT2D eigenvalue weighted by atomic mass is 10.1. The van der Waals surface area contributed by atoms with Crippen LogP contribution < -0.4 is 9.47 Å². The van der Waals surface area contributed by atoms with Gasteiger partial charge in [-0.25, -0.2) is 0 Å². The van der Waals surface area contributed by atoms with Crippen LogP contribution in [0.25, 0.3) is 0 Å². The fourth-order valence-corrected chi connectivity index (χ4v) is 2.04. The second-order valence-electron chi connectivity index (χ2n) is 4.47. The predicted octanol–water partition coefficient (Wildman–Crippen LogP) is 2.98. The molecule has 2 aromatic rings. The number of hydrogen-bond acceptors (Lipinski definition) is 4. The molecule has 0 radical (unpaired) electrons. The lowest BCUT2D eigenvalue weighted by Crippen LogP contribution is -2.02. The van der Waals surface area contributed by atoms with E-state index in [1.165, 1.54) is 6.26 Å². The minimum absolute atomic E-state index is 0.141. The van der Waals surface area contributed by atoms with E-state index in [0.29, 0.717) is 36.0 Å². The van der Waals surface area contributed by atoms with E-state index < -0.39 is 0 Å².